The number of hydrogen-bond donors (Lipinski definition) is 2. The summed E-state index contributed by atoms with van der Waals surface area (Å²) >= 11 is 0. The highest BCUT2D eigenvalue weighted by atomic mass is 16.2. The second kappa shape index (κ2) is 7.90. The van der Waals surface area contributed by atoms with Crippen molar-refractivity contribution in [1.29, 1.82) is 0 Å². The van der Waals surface area contributed by atoms with Gasteiger partial charge in [0, 0.05) is 18.3 Å². The van der Waals surface area contributed by atoms with Gasteiger partial charge in [-0.05, 0) is 51.1 Å². The first-order valence-electron chi connectivity index (χ1n) is 7.34. The van der Waals surface area contributed by atoms with Crippen LogP contribution in [0.15, 0.2) is 18.2 Å². The maximum Gasteiger partial charge on any atom is 0.319 e. The molecule has 0 bridgehead atoms. The Labute approximate surface area is 122 Å². The number of aryl methyl sites for hydroxylation is 1. The van der Waals surface area contributed by atoms with E-state index < -0.39 is 0 Å². The van der Waals surface area contributed by atoms with Crippen LogP contribution in [0, 0.1) is 13.8 Å². The van der Waals surface area contributed by atoms with Crippen molar-refractivity contribution < 1.29 is 4.79 Å². The van der Waals surface area contributed by atoms with Crippen LogP contribution < -0.4 is 10.6 Å². The molecule has 4 heteroatoms. The number of benzene rings is 1. The number of carbonyl (C=O) groups excluding carboxylic acids is 1. The summed E-state index contributed by atoms with van der Waals surface area (Å²) in [4.78, 5) is 14.3. The molecule has 1 atom stereocenters. The summed E-state index contributed by atoms with van der Waals surface area (Å²) in [5.41, 5.74) is 3.16. The minimum Gasteiger partial charge on any atom is -0.336 e. The molecule has 0 aliphatic carbocycles. The van der Waals surface area contributed by atoms with Crippen molar-refractivity contribution in [2.24, 2.45) is 0 Å². The summed E-state index contributed by atoms with van der Waals surface area (Å²) < 4.78 is 0. The zero-order chi connectivity index (χ0) is 15.1. The third kappa shape index (κ3) is 4.53. The van der Waals surface area contributed by atoms with Gasteiger partial charge in [-0.15, -0.1) is 0 Å². The van der Waals surface area contributed by atoms with Crippen LogP contribution in [0.1, 0.15) is 31.9 Å². The van der Waals surface area contributed by atoms with E-state index in [0.29, 0.717) is 12.6 Å². The Bertz CT molecular complexity index is 441. The van der Waals surface area contributed by atoms with Crippen molar-refractivity contribution in [3.63, 3.8) is 0 Å². The van der Waals surface area contributed by atoms with Gasteiger partial charge < -0.3 is 10.6 Å². The molecule has 0 aliphatic rings. The lowest BCUT2D eigenvalue weighted by Crippen LogP contribution is -2.43. The molecule has 2 N–H and O–H groups in total. The molecule has 0 aliphatic heterocycles. The van der Waals surface area contributed by atoms with Crippen molar-refractivity contribution in [2.45, 2.75) is 40.7 Å². The van der Waals surface area contributed by atoms with E-state index in [9.17, 15) is 4.79 Å². The Balaban J connectivity index is 2.50. The molecule has 0 heterocycles. The quantitative estimate of drug-likeness (QED) is 0.839. The Kier molecular flexibility index (Phi) is 6.52. The van der Waals surface area contributed by atoms with Crippen molar-refractivity contribution in [3.8, 4) is 0 Å². The Morgan fingerprint density at radius 1 is 1.25 bits per heavy atom. The number of nitrogens with one attached hydrogen (secondary N) is 2. The van der Waals surface area contributed by atoms with Crippen LogP contribution in [-0.2, 0) is 0 Å². The number of urea groups is 1. The second-order valence-electron chi connectivity index (χ2n) is 5.15. The Morgan fingerprint density at radius 3 is 2.50 bits per heavy atom. The molecule has 4 nitrogen and oxygen atoms in total. The predicted octanol–water partition coefficient (Wildman–Crippen LogP) is 3.16. The van der Waals surface area contributed by atoms with Gasteiger partial charge in [-0.1, -0.05) is 26.0 Å². The molecule has 0 unspecified atom stereocenters. The van der Waals surface area contributed by atoms with Gasteiger partial charge in [-0.25, -0.2) is 4.79 Å². The van der Waals surface area contributed by atoms with E-state index in [-0.39, 0.29) is 6.03 Å². The van der Waals surface area contributed by atoms with Gasteiger partial charge in [-0.3, -0.25) is 4.90 Å². The summed E-state index contributed by atoms with van der Waals surface area (Å²) in [5.74, 6) is 0. The van der Waals surface area contributed by atoms with E-state index >= 15 is 0 Å². The standard InChI is InChI=1S/C16H27N3O/c1-6-19(7-2)13(4)11-17-16(20)18-15-10-8-9-12(3)14(15)5/h8-10,13H,6-7,11H2,1-5H3,(H2,17,18,20)/t13-/m1/s1. The van der Waals surface area contributed by atoms with Gasteiger partial charge in [0.2, 0.25) is 0 Å². The molecule has 2 amide bonds. The van der Waals surface area contributed by atoms with Gasteiger partial charge in [0.25, 0.3) is 0 Å². The minimum absolute atomic E-state index is 0.141. The third-order valence-corrected chi connectivity index (χ3v) is 3.85. The van der Waals surface area contributed by atoms with Crippen LogP contribution in [0.5, 0.6) is 0 Å². The van der Waals surface area contributed by atoms with Crippen LogP contribution in [0.4, 0.5) is 10.5 Å². The van der Waals surface area contributed by atoms with Gasteiger partial charge in [0.15, 0.2) is 0 Å². The number of nitrogens with zero attached hydrogens (tertiary/aromatic N) is 1. The van der Waals surface area contributed by atoms with Crippen molar-refractivity contribution in [1.82, 2.24) is 10.2 Å². The van der Waals surface area contributed by atoms with Gasteiger partial charge in [0.05, 0.1) is 0 Å². The first-order valence-corrected chi connectivity index (χ1v) is 7.34. The normalized spacial score (nSPS) is 12.3. The molecule has 1 aromatic rings. The molecule has 1 rings (SSSR count). The fourth-order valence-electron chi connectivity index (χ4n) is 2.27. The molecule has 0 saturated carbocycles. The second-order valence-corrected chi connectivity index (χ2v) is 5.15. The summed E-state index contributed by atoms with van der Waals surface area (Å²) in [6, 6.07) is 6.12. The van der Waals surface area contributed by atoms with Crippen LogP contribution in [0.3, 0.4) is 0 Å². The zero-order valence-corrected chi connectivity index (χ0v) is 13.3. The average molecular weight is 277 g/mol. The summed E-state index contributed by atoms with van der Waals surface area (Å²) in [5, 5.41) is 5.85. The van der Waals surface area contributed by atoms with Gasteiger partial charge in [0.1, 0.15) is 0 Å². The molecule has 0 fully saturated rings. The van der Waals surface area contributed by atoms with E-state index in [1.165, 1.54) is 5.56 Å². The molecule has 20 heavy (non-hydrogen) atoms. The molecular weight excluding hydrogens is 250 g/mol. The van der Waals surface area contributed by atoms with Crippen LogP contribution >= 0.6 is 0 Å². The highest BCUT2D eigenvalue weighted by Gasteiger charge is 2.11. The number of hydrogen-bond acceptors (Lipinski definition) is 2. The first-order chi connectivity index (χ1) is 9.49. The lowest BCUT2D eigenvalue weighted by Gasteiger charge is -2.26. The molecule has 0 saturated heterocycles. The van der Waals surface area contributed by atoms with Crippen LogP contribution in [0.25, 0.3) is 0 Å². The summed E-state index contributed by atoms with van der Waals surface area (Å²) in [6.45, 7) is 13.1. The van der Waals surface area contributed by atoms with Gasteiger partial charge >= 0.3 is 6.03 Å². The monoisotopic (exact) mass is 277 g/mol. The van der Waals surface area contributed by atoms with Crippen molar-refractivity contribution in [2.75, 3.05) is 25.0 Å². The molecule has 0 aromatic heterocycles. The smallest absolute Gasteiger partial charge is 0.319 e. The molecule has 1 aromatic carbocycles. The Hall–Kier alpha value is -1.55. The van der Waals surface area contributed by atoms with E-state index in [1.54, 1.807) is 0 Å². The summed E-state index contributed by atoms with van der Waals surface area (Å²) in [6.07, 6.45) is 0. The lowest BCUT2D eigenvalue weighted by atomic mass is 10.1. The molecule has 112 valence electrons. The minimum atomic E-state index is -0.141. The lowest BCUT2D eigenvalue weighted by molar-refractivity contribution is 0.220. The molecule has 0 spiro atoms. The average Bonchev–Trinajstić information content (AvgIpc) is 2.43. The SMILES string of the molecule is CCN(CC)[C@H](C)CNC(=O)Nc1cccc(C)c1C. The van der Waals surface area contributed by atoms with Crippen LogP contribution in [0.2, 0.25) is 0 Å². The predicted molar refractivity (Wildman–Crippen MR) is 85.3 cm³/mol. The molecular formula is C16H27N3O. The van der Waals surface area contributed by atoms with E-state index in [4.69, 9.17) is 0 Å². The number of rotatable bonds is 6. The highest BCUT2D eigenvalue weighted by molar-refractivity contribution is 5.90. The number of likely N-dealkylation sites (N-methyl/N-ethyl adjacent to an activating group) is 1. The number of anilines is 1. The van der Waals surface area contributed by atoms with Crippen LogP contribution in [-0.4, -0.2) is 36.6 Å². The maximum absolute atomic E-state index is 11.9. The third-order valence-electron chi connectivity index (χ3n) is 3.85. The topological polar surface area (TPSA) is 44.4 Å². The fraction of sp³-hybridized carbons (Fsp3) is 0.562. The van der Waals surface area contributed by atoms with E-state index in [1.807, 2.05) is 32.0 Å². The zero-order valence-electron chi connectivity index (χ0n) is 13.3. The number of carbonyl (C=O) groups is 1. The molecule has 0 radical (unpaired) electrons. The first kappa shape index (κ1) is 16.5. The van der Waals surface area contributed by atoms with Crippen molar-refractivity contribution >= 4 is 11.7 Å². The highest BCUT2D eigenvalue weighted by Crippen LogP contribution is 2.17. The Morgan fingerprint density at radius 2 is 1.90 bits per heavy atom. The van der Waals surface area contributed by atoms with Gasteiger partial charge in [-0.2, -0.15) is 0 Å². The fourth-order valence-corrected chi connectivity index (χ4v) is 2.27. The van der Waals surface area contributed by atoms with E-state index in [2.05, 4.69) is 36.3 Å². The maximum atomic E-state index is 11.9. The van der Waals surface area contributed by atoms with E-state index in [0.717, 1.165) is 24.3 Å². The summed E-state index contributed by atoms with van der Waals surface area (Å²) in [7, 11) is 0. The largest absolute Gasteiger partial charge is 0.336 e. The van der Waals surface area contributed by atoms with Crippen molar-refractivity contribution in [3.05, 3.63) is 29.3 Å². The number of amides is 2.